The molecule has 1 N–H and O–H groups in total. The van der Waals surface area contributed by atoms with Crippen LogP contribution in [0.2, 0.25) is 0 Å². The lowest BCUT2D eigenvalue weighted by atomic mass is 9.83. The van der Waals surface area contributed by atoms with Gasteiger partial charge in [0.15, 0.2) is 0 Å². The molecule has 1 aromatic heterocycles. The summed E-state index contributed by atoms with van der Waals surface area (Å²) >= 11 is 1.65. The molecule has 0 aromatic carbocycles. The average molecular weight is 589 g/mol. The number of piperidine rings is 2. The molecule has 0 radical (unpaired) electrons. The Labute approximate surface area is 246 Å². The summed E-state index contributed by atoms with van der Waals surface area (Å²) < 4.78 is 5.39. The van der Waals surface area contributed by atoms with E-state index in [0.717, 1.165) is 41.5 Å². The topological polar surface area (TPSA) is 115 Å². The van der Waals surface area contributed by atoms with Gasteiger partial charge in [-0.1, -0.05) is 0 Å². The molecular weight excluding hydrogens is 544 g/mol. The largest absolute Gasteiger partial charge is 0.378 e. The van der Waals surface area contributed by atoms with Crippen LogP contribution < -0.4 is 5.32 Å². The first-order valence-corrected chi connectivity index (χ1v) is 15.9. The lowest BCUT2D eigenvalue weighted by Gasteiger charge is -2.44. The SMILES string of the molecule is Cc1sc2nc1CC(=O)NC1(CCN(C(C)C)CC1)CC(=O)N(CC(=O)N1CCOCC1)CC(=O)N1CCC2CC1. The molecule has 0 atom stereocenters. The number of hydrogen-bond acceptors (Lipinski definition) is 8. The van der Waals surface area contributed by atoms with Gasteiger partial charge < -0.3 is 29.7 Å². The number of thiazole rings is 1. The van der Waals surface area contributed by atoms with Crippen molar-refractivity contribution in [2.75, 3.05) is 65.6 Å². The predicted molar refractivity (Wildman–Crippen MR) is 155 cm³/mol. The Morgan fingerprint density at radius 1 is 1.05 bits per heavy atom. The van der Waals surface area contributed by atoms with E-state index in [1.54, 1.807) is 16.2 Å². The van der Waals surface area contributed by atoms with Crippen molar-refractivity contribution in [2.45, 2.75) is 76.8 Å². The summed E-state index contributed by atoms with van der Waals surface area (Å²) in [4.78, 5) is 67.5. The van der Waals surface area contributed by atoms with Crippen LogP contribution in [-0.4, -0.2) is 125 Å². The van der Waals surface area contributed by atoms with Gasteiger partial charge in [0.1, 0.15) is 13.1 Å². The minimum Gasteiger partial charge on any atom is -0.378 e. The van der Waals surface area contributed by atoms with Crippen molar-refractivity contribution in [3.8, 4) is 0 Å². The molecule has 226 valence electrons. The molecule has 11 nitrogen and oxygen atoms in total. The summed E-state index contributed by atoms with van der Waals surface area (Å²) in [5.74, 6) is -0.469. The fourth-order valence-electron chi connectivity index (χ4n) is 6.44. The quantitative estimate of drug-likeness (QED) is 0.563. The van der Waals surface area contributed by atoms with E-state index in [9.17, 15) is 19.2 Å². The smallest absolute Gasteiger partial charge is 0.242 e. The van der Waals surface area contributed by atoms with E-state index in [4.69, 9.17) is 9.72 Å². The van der Waals surface area contributed by atoms with Gasteiger partial charge in [-0.05, 0) is 46.5 Å². The number of nitrogens with one attached hydrogen (secondary N) is 1. The highest BCUT2D eigenvalue weighted by Gasteiger charge is 2.41. The second-order valence-corrected chi connectivity index (χ2v) is 13.5. The molecule has 0 saturated carbocycles. The Balaban J connectivity index is 1.42. The Kier molecular flexibility index (Phi) is 9.30. The molecule has 3 fully saturated rings. The molecule has 3 saturated heterocycles. The lowest BCUT2D eigenvalue weighted by Crippen LogP contribution is -2.59. The Morgan fingerprint density at radius 3 is 2.39 bits per heavy atom. The third kappa shape index (κ3) is 7.09. The maximum Gasteiger partial charge on any atom is 0.242 e. The van der Waals surface area contributed by atoms with Gasteiger partial charge in [0, 0.05) is 56.1 Å². The zero-order valence-corrected chi connectivity index (χ0v) is 25.5. The van der Waals surface area contributed by atoms with E-state index in [1.807, 2.05) is 11.8 Å². The van der Waals surface area contributed by atoms with Gasteiger partial charge in [-0.3, -0.25) is 19.2 Å². The van der Waals surface area contributed by atoms with Crippen molar-refractivity contribution in [2.24, 2.45) is 0 Å². The van der Waals surface area contributed by atoms with Gasteiger partial charge in [-0.15, -0.1) is 11.3 Å². The first-order chi connectivity index (χ1) is 19.6. The fourth-order valence-corrected chi connectivity index (χ4v) is 7.55. The van der Waals surface area contributed by atoms with Crippen LogP contribution >= 0.6 is 11.3 Å². The number of hydrogen-bond donors (Lipinski definition) is 1. The van der Waals surface area contributed by atoms with Gasteiger partial charge in [0.05, 0.1) is 42.3 Å². The Morgan fingerprint density at radius 2 is 1.73 bits per heavy atom. The van der Waals surface area contributed by atoms with Crippen LogP contribution in [0.4, 0.5) is 0 Å². The average Bonchev–Trinajstić information content (AvgIpc) is 3.32. The maximum atomic E-state index is 14.0. The fraction of sp³-hybridized carbons (Fsp3) is 0.759. The molecule has 4 amide bonds. The normalized spacial score (nSPS) is 23.5. The molecule has 4 bridgehead atoms. The van der Waals surface area contributed by atoms with Gasteiger partial charge in [-0.2, -0.15) is 0 Å². The highest BCUT2D eigenvalue weighted by Crippen LogP contribution is 2.34. The van der Waals surface area contributed by atoms with Gasteiger partial charge in [-0.25, -0.2) is 4.98 Å². The number of amides is 4. The zero-order valence-electron chi connectivity index (χ0n) is 24.7. The van der Waals surface area contributed by atoms with E-state index < -0.39 is 5.54 Å². The zero-order chi connectivity index (χ0) is 29.1. The number of likely N-dealkylation sites (tertiary alicyclic amines) is 1. The van der Waals surface area contributed by atoms with E-state index in [0.29, 0.717) is 58.3 Å². The third-order valence-corrected chi connectivity index (χ3v) is 10.4. The maximum absolute atomic E-state index is 14.0. The van der Waals surface area contributed by atoms with Crippen LogP contribution in [0.15, 0.2) is 0 Å². The van der Waals surface area contributed by atoms with E-state index >= 15 is 0 Å². The number of rotatable bonds is 3. The van der Waals surface area contributed by atoms with E-state index in [1.165, 1.54) is 4.90 Å². The number of carbonyl (C=O) groups excluding carboxylic acids is 4. The van der Waals surface area contributed by atoms with Crippen molar-refractivity contribution in [3.05, 3.63) is 15.6 Å². The first kappa shape index (κ1) is 29.9. The summed E-state index contributed by atoms with van der Waals surface area (Å²) in [7, 11) is 0. The second-order valence-electron chi connectivity index (χ2n) is 12.3. The highest BCUT2D eigenvalue weighted by molar-refractivity contribution is 7.11. The lowest BCUT2D eigenvalue weighted by molar-refractivity contribution is -0.148. The van der Waals surface area contributed by atoms with Gasteiger partial charge in [0.25, 0.3) is 0 Å². The van der Waals surface area contributed by atoms with Crippen LogP contribution in [0, 0.1) is 6.92 Å². The van der Waals surface area contributed by atoms with Crippen LogP contribution in [-0.2, 0) is 30.3 Å². The van der Waals surface area contributed by atoms with Crippen molar-refractivity contribution in [3.63, 3.8) is 0 Å². The molecule has 1 aromatic rings. The summed E-state index contributed by atoms with van der Waals surface area (Å²) in [6.45, 7) is 10.6. The van der Waals surface area contributed by atoms with E-state index in [2.05, 4.69) is 24.1 Å². The molecule has 41 heavy (non-hydrogen) atoms. The number of aromatic nitrogens is 1. The number of morpholine rings is 1. The minimum atomic E-state index is -0.744. The minimum absolute atomic E-state index is 0.0533. The monoisotopic (exact) mass is 588 g/mol. The molecule has 6 rings (SSSR count). The van der Waals surface area contributed by atoms with Crippen molar-refractivity contribution >= 4 is 35.0 Å². The Hall–Kier alpha value is -2.57. The number of fused-ring (bicyclic) bond motifs is 8. The predicted octanol–water partition coefficient (Wildman–Crippen LogP) is 1.15. The number of carbonyl (C=O) groups is 4. The highest BCUT2D eigenvalue weighted by atomic mass is 32.1. The molecule has 0 aliphatic carbocycles. The third-order valence-electron chi connectivity index (χ3n) is 9.18. The first-order valence-electron chi connectivity index (χ1n) is 15.0. The Bertz CT molecular complexity index is 1130. The molecule has 5 aliphatic heterocycles. The van der Waals surface area contributed by atoms with Crippen molar-refractivity contribution < 1.29 is 23.9 Å². The van der Waals surface area contributed by atoms with Crippen LogP contribution in [0.1, 0.15) is 67.4 Å². The number of nitrogens with zero attached hydrogens (tertiary/aromatic N) is 5. The van der Waals surface area contributed by atoms with Gasteiger partial charge >= 0.3 is 0 Å². The van der Waals surface area contributed by atoms with E-state index in [-0.39, 0.29) is 55.5 Å². The summed E-state index contributed by atoms with van der Waals surface area (Å²) in [6, 6.07) is 0.366. The number of ether oxygens (including phenoxy) is 1. The summed E-state index contributed by atoms with van der Waals surface area (Å²) in [5.41, 5.74) is 0.0540. The summed E-state index contributed by atoms with van der Waals surface area (Å²) in [5, 5.41) is 4.30. The summed E-state index contributed by atoms with van der Waals surface area (Å²) in [6.07, 6.45) is 3.07. The van der Waals surface area contributed by atoms with Crippen molar-refractivity contribution in [1.29, 1.82) is 0 Å². The van der Waals surface area contributed by atoms with Crippen LogP contribution in [0.3, 0.4) is 0 Å². The van der Waals surface area contributed by atoms with Gasteiger partial charge in [0.2, 0.25) is 23.6 Å². The molecule has 1 spiro atoms. The molecular formula is C29H44N6O5S. The number of aryl methyl sites for hydroxylation is 1. The standard InChI is InChI=1S/C29H44N6O5S/c1-20(2)32-10-6-29(7-11-32)17-25(37)35(19-27(39)34-12-14-40-15-13-34)18-26(38)33-8-4-22(5-9-33)28-30-23(21(3)41-28)16-24(36)31-29/h20,22H,4-19H2,1-3H3,(H,31,36). The second kappa shape index (κ2) is 12.7. The molecule has 0 unspecified atom stereocenters. The van der Waals surface area contributed by atoms with Crippen LogP contribution in [0.5, 0.6) is 0 Å². The molecule has 12 heteroatoms. The van der Waals surface area contributed by atoms with Crippen molar-refractivity contribution in [1.82, 2.24) is 29.9 Å². The molecule has 6 heterocycles. The molecule has 5 aliphatic rings. The van der Waals surface area contributed by atoms with Crippen LogP contribution in [0.25, 0.3) is 0 Å².